The quantitative estimate of drug-likeness (QED) is 0.483. The fourth-order valence-electron chi connectivity index (χ4n) is 7.13. The molecular weight excluding hydrogens is 592 g/mol. The lowest BCUT2D eigenvalue weighted by Crippen LogP contribution is -2.56. The summed E-state index contributed by atoms with van der Waals surface area (Å²) in [5, 5.41) is 13.2. The Hall–Kier alpha value is -3.82. The molecule has 0 saturated carbocycles. The zero-order valence-corrected chi connectivity index (χ0v) is 25.2. The number of likely N-dealkylation sites (N-methyl/N-ethyl adjacent to an activating group) is 1. The van der Waals surface area contributed by atoms with Gasteiger partial charge in [-0.1, -0.05) is 30.3 Å². The van der Waals surface area contributed by atoms with Crippen molar-refractivity contribution in [2.24, 2.45) is 0 Å². The first-order chi connectivity index (χ1) is 21.1. The first-order valence-electron chi connectivity index (χ1n) is 14.9. The summed E-state index contributed by atoms with van der Waals surface area (Å²) < 4.78 is 33.9. The van der Waals surface area contributed by atoms with Crippen LogP contribution >= 0.6 is 11.6 Å². The van der Waals surface area contributed by atoms with E-state index in [-0.39, 0.29) is 50.6 Å². The summed E-state index contributed by atoms with van der Waals surface area (Å²) in [5.74, 6) is -1.72. The Labute approximate surface area is 259 Å². The molecule has 1 N–H and O–H groups in total. The highest BCUT2D eigenvalue weighted by atomic mass is 35.5. The third-order valence-electron chi connectivity index (χ3n) is 9.40. The van der Waals surface area contributed by atoms with Crippen molar-refractivity contribution >= 4 is 34.9 Å². The maximum Gasteiger partial charge on any atom is 0.318 e. The fourth-order valence-corrected chi connectivity index (χ4v) is 7.40. The first-order valence-corrected chi connectivity index (χ1v) is 15.2. The van der Waals surface area contributed by atoms with Gasteiger partial charge in [-0.15, -0.1) is 0 Å². The van der Waals surface area contributed by atoms with E-state index in [1.54, 1.807) is 0 Å². The molecule has 4 atom stereocenters. The Balaban J connectivity index is 1.38. The number of piperazine rings is 1. The number of ether oxygens (including phenoxy) is 1. The van der Waals surface area contributed by atoms with Gasteiger partial charge in [-0.05, 0) is 49.9 Å². The van der Waals surface area contributed by atoms with E-state index in [9.17, 15) is 23.6 Å². The molecule has 6 rings (SSSR count). The van der Waals surface area contributed by atoms with Crippen LogP contribution in [0.3, 0.4) is 0 Å². The summed E-state index contributed by atoms with van der Waals surface area (Å²) in [4.78, 5) is 41.1. The van der Waals surface area contributed by atoms with Crippen molar-refractivity contribution in [1.82, 2.24) is 19.8 Å². The van der Waals surface area contributed by atoms with Gasteiger partial charge in [-0.2, -0.15) is 15.2 Å². The summed E-state index contributed by atoms with van der Waals surface area (Å²) in [5.41, 5.74) is 2.00. The second kappa shape index (κ2) is 11.9. The molecule has 1 aliphatic carbocycles. The average Bonchev–Trinajstić information content (AvgIpc) is 3.33. The van der Waals surface area contributed by atoms with E-state index >= 15 is 0 Å². The largest absolute Gasteiger partial charge is 0.462 e. The number of rotatable bonds is 6. The summed E-state index contributed by atoms with van der Waals surface area (Å²) in [6.07, 6.45) is 1.85. The molecule has 2 fully saturated rings. The van der Waals surface area contributed by atoms with Crippen molar-refractivity contribution in [2.45, 2.75) is 62.2 Å². The highest BCUT2D eigenvalue weighted by Crippen LogP contribution is 2.48. The second-order valence-corrected chi connectivity index (χ2v) is 12.5. The third-order valence-corrected chi connectivity index (χ3v) is 9.75. The zero-order valence-electron chi connectivity index (χ0n) is 24.5. The standard InChI is InChI=1S/C31H34ClF2N7O3/c1-18(33)28(42)41-12-11-40(16-20(41)8-10-35)27-26-25(36-30(38-27)44-17-21-13-19(34)15-39(21)2)14-31(29(43)37-26)9-4-5-22-23(31)6-3-7-24(22)32/h3,6-7,19-21H,1,4-5,8-9,11-17H2,2H3,(H,37,43)/t19-,20+,21+,31-/m1/s1. The van der Waals surface area contributed by atoms with Gasteiger partial charge < -0.3 is 19.9 Å². The number of hydrogen-bond acceptors (Lipinski definition) is 8. The number of carbonyl (C=O) groups excluding carboxylic acids is 2. The van der Waals surface area contributed by atoms with Gasteiger partial charge in [0.15, 0.2) is 11.6 Å². The van der Waals surface area contributed by atoms with Gasteiger partial charge in [0.05, 0.1) is 29.6 Å². The van der Waals surface area contributed by atoms with Crippen molar-refractivity contribution < 1.29 is 23.1 Å². The Bertz CT molecular complexity index is 1550. The van der Waals surface area contributed by atoms with Gasteiger partial charge in [0.1, 0.15) is 18.5 Å². The number of likely N-dealkylation sites (tertiary alicyclic amines) is 1. The summed E-state index contributed by atoms with van der Waals surface area (Å²) in [6, 6.07) is 7.05. The molecule has 4 aliphatic rings. The molecule has 3 aliphatic heterocycles. The molecule has 2 aromatic rings. The maximum absolute atomic E-state index is 14.0. The number of nitriles is 1. The van der Waals surface area contributed by atoms with E-state index in [4.69, 9.17) is 26.3 Å². The van der Waals surface area contributed by atoms with Crippen molar-refractivity contribution in [3.63, 3.8) is 0 Å². The van der Waals surface area contributed by atoms with Gasteiger partial charge in [-0.3, -0.25) is 14.5 Å². The van der Waals surface area contributed by atoms with Gasteiger partial charge in [-0.25, -0.2) is 8.78 Å². The number of hydrogen-bond donors (Lipinski definition) is 1. The lowest BCUT2D eigenvalue weighted by molar-refractivity contribution is -0.131. The highest BCUT2D eigenvalue weighted by Gasteiger charge is 2.49. The second-order valence-electron chi connectivity index (χ2n) is 12.1. The van der Waals surface area contributed by atoms with Crippen LogP contribution in [0.2, 0.25) is 5.02 Å². The maximum atomic E-state index is 14.0. The van der Waals surface area contributed by atoms with Crippen LogP contribution in [0.25, 0.3) is 0 Å². The van der Waals surface area contributed by atoms with Crippen LogP contribution < -0.4 is 15.0 Å². The summed E-state index contributed by atoms with van der Waals surface area (Å²) >= 11 is 6.57. The van der Waals surface area contributed by atoms with E-state index in [0.29, 0.717) is 48.0 Å². The minimum absolute atomic E-state index is 0.0302. The molecule has 2 saturated heterocycles. The number of nitrogens with one attached hydrogen (secondary N) is 1. The molecule has 4 heterocycles. The monoisotopic (exact) mass is 625 g/mol. The van der Waals surface area contributed by atoms with Crippen molar-refractivity contribution in [2.75, 3.05) is 50.1 Å². The molecular formula is C31H34ClF2N7O3. The summed E-state index contributed by atoms with van der Waals surface area (Å²) in [7, 11) is 1.85. The summed E-state index contributed by atoms with van der Waals surface area (Å²) in [6.45, 7) is 4.20. The molecule has 44 heavy (non-hydrogen) atoms. The van der Waals surface area contributed by atoms with E-state index in [1.165, 1.54) is 4.90 Å². The number of fused-ring (bicyclic) bond motifs is 3. The number of aromatic nitrogens is 2. The van der Waals surface area contributed by atoms with Crippen molar-refractivity contribution in [3.8, 4) is 12.1 Å². The number of benzene rings is 1. The number of anilines is 2. The molecule has 0 unspecified atom stereocenters. The van der Waals surface area contributed by atoms with E-state index in [1.807, 2.05) is 35.0 Å². The van der Waals surface area contributed by atoms with Crippen molar-refractivity contribution in [1.29, 1.82) is 5.26 Å². The number of alkyl halides is 1. The normalized spacial score (nSPS) is 26.5. The fraction of sp³-hybridized carbons (Fsp3) is 0.516. The first kappa shape index (κ1) is 30.2. The average molecular weight is 626 g/mol. The van der Waals surface area contributed by atoms with Crippen LogP contribution in [0, 0.1) is 11.3 Å². The van der Waals surface area contributed by atoms with Gasteiger partial charge in [0, 0.05) is 43.7 Å². The predicted octanol–water partition coefficient (Wildman–Crippen LogP) is 3.73. The Morgan fingerprint density at radius 2 is 2.11 bits per heavy atom. The van der Waals surface area contributed by atoms with Gasteiger partial charge in [0.25, 0.3) is 5.91 Å². The van der Waals surface area contributed by atoms with E-state index in [0.717, 1.165) is 24.0 Å². The minimum Gasteiger partial charge on any atom is -0.462 e. The Kier molecular flexibility index (Phi) is 8.20. The molecule has 0 bridgehead atoms. The third kappa shape index (κ3) is 5.37. The van der Waals surface area contributed by atoms with Gasteiger partial charge in [0.2, 0.25) is 5.91 Å². The molecule has 1 spiro atoms. The van der Waals surface area contributed by atoms with Crippen LogP contribution in [0.4, 0.5) is 20.3 Å². The lowest BCUT2D eigenvalue weighted by atomic mass is 9.65. The Morgan fingerprint density at radius 1 is 1.30 bits per heavy atom. The molecule has 13 heteroatoms. The van der Waals surface area contributed by atoms with Crippen LogP contribution in [0.5, 0.6) is 6.01 Å². The molecule has 2 amide bonds. The number of halogens is 3. The topological polar surface area (TPSA) is 115 Å². The molecule has 1 aromatic heterocycles. The lowest BCUT2D eigenvalue weighted by Gasteiger charge is -2.44. The van der Waals surface area contributed by atoms with Crippen LogP contribution in [0.15, 0.2) is 30.6 Å². The van der Waals surface area contributed by atoms with Gasteiger partial charge >= 0.3 is 6.01 Å². The molecule has 10 nitrogen and oxygen atoms in total. The van der Waals surface area contributed by atoms with E-state index in [2.05, 4.69) is 18.0 Å². The predicted molar refractivity (Wildman–Crippen MR) is 160 cm³/mol. The smallest absolute Gasteiger partial charge is 0.318 e. The SMILES string of the molecule is C=C(F)C(=O)N1CCN(c2nc(OC[C@@H]3C[C@@H](F)CN3C)nc3c2NC(=O)[C@]2(CCCc4c(Cl)cccc42)C3)C[C@@H]1CC#N. The van der Waals surface area contributed by atoms with Crippen LogP contribution in [-0.2, 0) is 27.8 Å². The van der Waals surface area contributed by atoms with Crippen LogP contribution in [-0.4, -0.2) is 89.7 Å². The molecule has 0 radical (unpaired) electrons. The van der Waals surface area contributed by atoms with E-state index < -0.39 is 29.4 Å². The Morgan fingerprint density at radius 3 is 2.84 bits per heavy atom. The van der Waals surface area contributed by atoms with Crippen LogP contribution in [0.1, 0.15) is 42.5 Å². The molecule has 232 valence electrons. The number of carbonyl (C=O) groups is 2. The highest BCUT2D eigenvalue weighted by molar-refractivity contribution is 6.31. The zero-order chi connectivity index (χ0) is 31.2. The number of nitrogens with zero attached hydrogens (tertiary/aromatic N) is 6. The molecule has 1 aromatic carbocycles. The minimum atomic E-state index is -1.09. The number of amides is 2. The van der Waals surface area contributed by atoms with Crippen molar-refractivity contribution in [3.05, 3.63) is 52.4 Å².